The minimum atomic E-state index is 0.215. The zero-order valence-electron chi connectivity index (χ0n) is 10.3. The maximum absolute atomic E-state index is 6.07. The van der Waals surface area contributed by atoms with Crippen LogP contribution in [-0.2, 0) is 0 Å². The highest BCUT2D eigenvalue weighted by atomic mass is 35.5. The molecule has 18 heavy (non-hydrogen) atoms. The fourth-order valence-corrected chi connectivity index (χ4v) is 2.09. The van der Waals surface area contributed by atoms with Gasteiger partial charge in [0.25, 0.3) is 0 Å². The van der Waals surface area contributed by atoms with Crippen molar-refractivity contribution in [3.05, 3.63) is 34.3 Å². The first-order valence-corrected chi connectivity index (χ1v) is 6.25. The second-order valence-corrected chi connectivity index (χ2v) is 4.88. The van der Waals surface area contributed by atoms with Gasteiger partial charge in [-0.15, -0.1) is 10.2 Å². The number of ether oxygens (including phenoxy) is 1. The molecule has 0 aliphatic heterocycles. The van der Waals surface area contributed by atoms with Gasteiger partial charge >= 0.3 is 0 Å². The largest absolute Gasteiger partial charge is 0.495 e. The molecule has 0 saturated carbocycles. The highest BCUT2D eigenvalue weighted by Gasteiger charge is 2.16. The van der Waals surface area contributed by atoms with E-state index in [0.29, 0.717) is 16.1 Å². The number of benzene rings is 1. The standard InChI is InChI=1S/C12H13Cl2N3O/c1-7(2)11-15-16-12(14)17(11)8-4-5-9(13)10(6-8)18-3/h4-7H,1-3H3. The van der Waals surface area contributed by atoms with Crippen LogP contribution in [-0.4, -0.2) is 21.9 Å². The maximum Gasteiger partial charge on any atom is 0.229 e. The summed E-state index contributed by atoms with van der Waals surface area (Å²) in [5.74, 6) is 1.60. The van der Waals surface area contributed by atoms with Gasteiger partial charge in [0.1, 0.15) is 11.6 Å². The molecule has 0 spiro atoms. The van der Waals surface area contributed by atoms with Crippen molar-refractivity contribution in [2.24, 2.45) is 0 Å². The van der Waals surface area contributed by atoms with Crippen molar-refractivity contribution in [1.29, 1.82) is 0 Å². The molecular formula is C12H13Cl2N3O. The van der Waals surface area contributed by atoms with E-state index in [-0.39, 0.29) is 5.92 Å². The summed E-state index contributed by atoms with van der Waals surface area (Å²) in [6, 6.07) is 5.42. The van der Waals surface area contributed by atoms with Gasteiger partial charge in [-0.05, 0) is 23.7 Å². The van der Waals surface area contributed by atoms with Gasteiger partial charge in [-0.1, -0.05) is 25.4 Å². The van der Waals surface area contributed by atoms with Gasteiger partial charge in [-0.2, -0.15) is 0 Å². The van der Waals surface area contributed by atoms with Crippen LogP contribution in [0.3, 0.4) is 0 Å². The van der Waals surface area contributed by atoms with Crippen molar-refractivity contribution in [3.8, 4) is 11.4 Å². The van der Waals surface area contributed by atoms with Crippen LogP contribution in [0.25, 0.3) is 5.69 Å². The summed E-state index contributed by atoms with van der Waals surface area (Å²) in [6.07, 6.45) is 0. The van der Waals surface area contributed by atoms with Crippen LogP contribution in [0.4, 0.5) is 0 Å². The molecule has 0 aliphatic carbocycles. The summed E-state index contributed by atoms with van der Waals surface area (Å²) in [7, 11) is 1.57. The predicted molar refractivity (Wildman–Crippen MR) is 72.0 cm³/mol. The molecule has 0 saturated heterocycles. The number of hydrogen-bond donors (Lipinski definition) is 0. The zero-order valence-corrected chi connectivity index (χ0v) is 11.8. The molecule has 0 bridgehead atoms. The van der Waals surface area contributed by atoms with Gasteiger partial charge in [0.2, 0.25) is 5.28 Å². The summed E-state index contributed by atoms with van der Waals surface area (Å²) in [4.78, 5) is 0. The molecule has 96 valence electrons. The van der Waals surface area contributed by atoms with Gasteiger partial charge in [0.05, 0.1) is 17.8 Å². The van der Waals surface area contributed by atoms with E-state index in [1.807, 2.05) is 26.0 Å². The van der Waals surface area contributed by atoms with Crippen molar-refractivity contribution in [2.45, 2.75) is 19.8 Å². The lowest BCUT2D eigenvalue weighted by atomic mass is 10.2. The van der Waals surface area contributed by atoms with Crippen LogP contribution in [0.1, 0.15) is 25.6 Å². The molecule has 2 aromatic rings. The van der Waals surface area contributed by atoms with Crippen molar-refractivity contribution < 1.29 is 4.74 Å². The Morgan fingerprint density at radius 1 is 1.22 bits per heavy atom. The molecule has 0 aliphatic rings. The summed E-state index contributed by atoms with van der Waals surface area (Å²) in [6.45, 7) is 4.06. The lowest BCUT2D eigenvalue weighted by Crippen LogP contribution is -2.03. The Hall–Kier alpha value is -1.26. The van der Waals surface area contributed by atoms with E-state index in [1.165, 1.54) is 0 Å². The average molecular weight is 286 g/mol. The first kappa shape index (κ1) is 13.2. The highest BCUT2D eigenvalue weighted by Crippen LogP contribution is 2.29. The Morgan fingerprint density at radius 2 is 1.94 bits per heavy atom. The lowest BCUT2D eigenvalue weighted by molar-refractivity contribution is 0.415. The second-order valence-electron chi connectivity index (χ2n) is 4.14. The first-order valence-electron chi connectivity index (χ1n) is 5.49. The molecule has 0 amide bonds. The van der Waals surface area contributed by atoms with E-state index >= 15 is 0 Å². The molecule has 1 aromatic carbocycles. The number of halogens is 2. The molecule has 0 atom stereocenters. The maximum atomic E-state index is 6.07. The molecule has 0 fully saturated rings. The Balaban J connectivity index is 2.58. The number of methoxy groups -OCH3 is 1. The van der Waals surface area contributed by atoms with Crippen molar-refractivity contribution in [2.75, 3.05) is 7.11 Å². The number of aromatic nitrogens is 3. The number of rotatable bonds is 3. The molecule has 1 heterocycles. The quantitative estimate of drug-likeness (QED) is 0.863. The average Bonchev–Trinajstić information content (AvgIpc) is 2.72. The Kier molecular flexibility index (Phi) is 3.78. The number of hydrogen-bond acceptors (Lipinski definition) is 3. The summed E-state index contributed by atoms with van der Waals surface area (Å²) < 4.78 is 6.98. The molecule has 0 N–H and O–H groups in total. The van der Waals surface area contributed by atoms with E-state index in [1.54, 1.807) is 17.7 Å². The van der Waals surface area contributed by atoms with Crippen LogP contribution in [0.5, 0.6) is 5.75 Å². The van der Waals surface area contributed by atoms with Crippen LogP contribution < -0.4 is 4.74 Å². The fraction of sp³-hybridized carbons (Fsp3) is 0.333. The van der Waals surface area contributed by atoms with Crippen molar-refractivity contribution >= 4 is 23.2 Å². The molecule has 6 heteroatoms. The molecule has 1 aromatic heterocycles. The second kappa shape index (κ2) is 5.16. The molecular weight excluding hydrogens is 273 g/mol. The van der Waals surface area contributed by atoms with E-state index in [2.05, 4.69) is 10.2 Å². The summed E-state index contributed by atoms with van der Waals surface area (Å²) in [5.41, 5.74) is 0.829. The third-order valence-electron chi connectivity index (χ3n) is 2.56. The zero-order chi connectivity index (χ0) is 13.3. The van der Waals surface area contributed by atoms with E-state index in [4.69, 9.17) is 27.9 Å². The van der Waals surface area contributed by atoms with Gasteiger partial charge < -0.3 is 4.74 Å². The van der Waals surface area contributed by atoms with Crippen LogP contribution in [0, 0.1) is 0 Å². The molecule has 2 rings (SSSR count). The Labute approximate surface area is 115 Å². The van der Waals surface area contributed by atoms with Gasteiger partial charge in [-0.25, -0.2) is 0 Å². The third kappa shape index (κ3) is 2.31. The lowest BCUT2D eigenvalue weighted by Gasteiger charge is -2.11. The minimum Gasteiger partial charge on any atom is -0.495 e. The predicted octanol–water partition coefficient (Wildman–Crippen LogP) is 3.71. The Bertz CT molecular complexity index is 566. The first-order chi connectivity index (χ1) is 8.54. The Morgan fingerprint density at radius 3 is 2.56 bits per heavy atom. The fourth-order valence-electron chi connectivity index (χ4n) is 1.68. The summed E-state index contributed by atoms with van der Waals surface area (Å²) in [5, 5.41) is 8.85. The van der Waals surface area contributed by atoms with Crippen molar-refractivity contribution in [1.82, 2.24) is 14.8 Å². The minimum absolute atomic E-state index is 0.215. The SMILES string of the molecule is COc1cc(-n2c(Cl)nnc2C(C)C)ccc1Cl. The monoisotopic (exact) mass is 285 g/mol. The smallest absolute Gasteiger partial charge is 0.229 e. The van der Waals surface area contributed by atoms with Crippen LogP contribution in [0.2, 0.25) is 10.3 Å². The van der Waals surface area contributed by atoms with Crippen LogP contribution >= 0.6 is 23.2 Å². The van der Waals surface area contributed by atoms with Gasteiger partial charge in [0, 0.05) is 12.0 Å². The number of nitrogens with zero attached hydrogens (tertiary/aromatic N) is 3. The normalized spacial score (nSPS) is 11.0. The highest BCUT2D eigenvalue weighted by molar-refractivity contribution is 6.32. The van der Waals surface area contributed by atoms with Crippen molar-refractivity contribution in [3.63, 3.8) is 0 Å². The van der Waals surface area contributed by atoms with Crippen LogP contribution in [0.15, 0.2) is 18.2 Å². The molecule has 0 unspecified atom stereocenters. The van der Waals surface area contributed by atoms with E-state index < -0.39 is 0 Å². The summed E-state index contributed by atoms with van der Waals surface area (Å²) >= 11 is 12.1. The van der Waals surface area contributed by atoms with E-state index in [9.17, 15) is 0 Å². The third-order valence-corrected chi connectivity index (χ3v) is 3.11. The van der Waals surface area contributed by atoms with Gasteiger partial charge in [-0.3, -0.25) is 4.57 Å². The molecule has 0 radical (unpaired) electrons. The molecule has 4 nitrogen and oxygen atoms in total. The topological polar surface area (TPSA) is 39.9 Å². The van der Waals surface area contributed by atoms with Gasteiger partial charge in [0.15, 0.2) is 0 Å². The van der Waals surface area contributed by atoms with E-state index in [0.717, 1.165) is 11.5 Å².